The zero-order valence-corrected chi connectivity index (χ0v) is 19.4. The van der Waals surface area contributed by atoms with Crippen LogP contribution < -0.4 is 9.47 Å². The van der Waals surface area contributed by atoms with E-state index in [1.165, 1.54) is 18.9 Å². The molecule has 0 aromatic heterocycles. The zero-order valence-electron chi connectivity index (χ0n) is 17.8. The summed E-state index contributed by atoms with van der Waals surface area (Å²) in [6, 6.07) is 11.6. The maximum atomic E-state index is 13.7. The van der Waals surface area contributed by atoms with Gasteiger partial charge in [-0.2, -0.15) is 0 Å². The molecule has 6 nitrogen and oxygen atoms in total. The standard InChI is InChI=1S/C23H26ClNO5S/c1-4-5-12-30-23(27)19-14-31-22(16-8-6-7-9-18(16)24)25(19)21(26)17-11-10-15(28-2)13-20(17)29-3/h6-11,13,19,22H,4-5,12,14H2,1-3H3. The van der Waals surface area contributed by atoms with Crippen LogP contribution in [0.3, 0.4) is 0 Å². The van der Waals surface area contributed by atoms with E-state index in [9.17, 15) is 9.59 Å². The number of carbonyl (C=O) groups is 2. The third-order valence-corrected chi connectivity index (χ3v) is 6.71. The molecule has 1 heterocycles. The molecule has 0 N–H and O–H groups in total. The second kappa shape index (κ2) is 10.8. The van der Waals surface area contributed by atoms with Gasteiger partial charge in [0.25, 0.3) is 5.91 Å². The van der Waals surface area contributed by atoms with E-state index in [1.54, 1.807) is 36.3 Å². The SMILES string of the molecule is CCCCOC(=O)C1CSC(c2ccccc2Cl)N1C(=O)c1ccc(OC)cc1OC. The molecule has 166 valence electrons. The fourth-order valence-corrected chi connectivity index (χ4v) is 5.13. The van der Waals surface area contributed by atoms with Crippen LogP contribution in [0.2, 0.25) is 5.02 Å². The molecule has 2 unspecified atom stereocenters. The summed E-state index contributed by atoms with van der Waals surface area (Å²) < 4.78 is 16.1. The van der Waals surface area contributed by atoms with E-state index < -0.39 is 17.4 Å². The molecular weight excluding hydrogens is 438 g/mol. The van der Waals surface area contributed by atoms with E-state index in [4.69, 9.17) is 25.8 Å². The van der Waals surface area contributed by atoms with Crippen molar-refractivity contribution in [1.82, 2.24) is 4.90 Å². The monoisotopic (exact) mass is 463 g/mol. The Morgan fingerprint density at radius 3 is 2.61 bits per heavy atom. The van der Waals surface area contributed by atoms with Crippen molar-refractivity contribution >= 4 is 35.2 Å². The Labute approximate surface area is 191 Å². The number of ether oxygens (including phenoxy) is 3. The normalized spacial score (nSPS) is 18.0. The summed E-state index contributed by atoms with van der Waals surface area (Å²) in [7, 11) is 3.04. The zero-order chi connectivity index (χ0) is 22.4. The third kappa shape index (κ3) is 5.10. The number of hydrogen-bond donors (Lipinski definition) is 0. The predicted molar refractivity (Wildman–Crippen MR) is 122 cm³/mol. The summed E-state index contributed by atoms with van der Waals surface area (Å²) in [5.41, 5.74) is 1.12. The highest BCUT2D eigenvalue weighted by Gasteiger charge is 2.44. The molecule has 31 heavy (non-hydrogen) atoms. The maximum absolute atomic E-state index is 13.7. The van der Waals surface area contributed by atoms with Crippen molar-refractivity contribution in [2.24, 2.45) is 0 Å². The first kappa shape index (κ1) is 23.3. The highest BCUT2D eigenvalue weighted by atomic mass is 35.5. The number of esters is 1. The van der Waals surface area contributed by atoms with Gasteiger partial charge in [0.05, 0.1) is 26.4 Å². The summed E-state index contributed by atoms with van der Waals surface area (Å²) >= 11 is 7.93. The van der Waals surface area contributed by atoms with Crippen molar-refractivity contribution in [3.63, 3.8) is 0 Å². The summed E-state index contributed by atoms with van der Waals surface area (Å²) in [5, 5.41) is 0.122. The molecule has 0 bridgehead atoms. The highest BCUT2D eigenvalue weighted by molar-refractivity contribution is 7.99. The molecule has 1 aliphatic rings. The van der Waals surface area contributed by atoms with Crippen molar-refractivity contribution in [2.45, 2.75) is 31.2 Å². The Bertz CT molecular complexity index is 938. The topological polar surface area (TPSA) is 65.1 Å². The first-order valence-corrected chi connectivity index (χ1v) is 11.5. The number of nitrogens with zero attached hydrogens (tertiary/aromatic N) is 1. The molecule has 0 saturated carbocycles. The van der Waals surface area contributed by atoms with Crippen molar-refractivity contribution in [2.75, 3.05) is 26.6 Å². The first-order chi connectivity index (χ1) is 15.0. The molecule has 2 aromatic carbocycles. The highest BCUT2D eigenvalue weighted by Crippen LogP contribution is 2.45. The first-order valence-electron chi connectivity index (χ1n) is 10.1. The molecule has 8 heteroatoms. The summed E-state index contributed by atoms with van der Waals surface area (Å²) in [6.07, 6.45) is 1.69. The van der Waals surface area contributed by atoms with Crippen molar-refractivity contribution < 1.29 is 23.8 Å². The molecule has 0 spiro atoms. The maximum Gasteiger partial charge on any atom is 0.329 e. The molecule has 1 saturated heterocycles. The van der Waals surface area contributed by atoms with Gasteiger partial charge in [0.1, 0.15) is 22.9 Å². The van der Waals surface area contributed by atoms with Crippen molar-refractivity contribution in [3.05, 3.63) is 58.6 Å². The number of rotatable bonds is 8. The smallest absolute Gasteiger partial charge is 0.329 e. The van der Waals surface area contributed by atoms with Gasteiger partial charge in [-0.3, -0.25) is 4.79 Å². The minimum absolute atomic E-state index is 0.327. The van der Waals surface area contributed by atoms with Crippen molar-refractivity contribution in [3.8, 4) is 11.5 Å². The molecule has 2 atom stereocenters. The van der Waals surface area contributed by atoms with Crippen LogP contribution in [0.5, 0.6) is 11.5 Å². The van der Waals surface area contributed by atoms with E-state index in [1.807, 2.05) is 25.1 Å². The number of thioether (sulfide) groups is 1. The molecule has 1 amide bonds. The van der Waals surface area contributed by atoms with Crippen LogP contribution in [0.25, 0.3) is 0 Å². The van der Waals surface area contributed by atoms with E-state index in [0.717, 1.165) is 18.4 Å². The van der Waals surface area contributed by atoms with Crippen LogP contribution in [-0.4, -0.2) is 49.4 Å². The van der Waals surface area contributed by atoms with Crippen LogP contribution in [0, 0.1) is 0 Å². The lowest BCUT2D eigenvalue weighted by molar-refractivity contribution is -0.148. The molecule has 3 rings (SSSR count). The van der Waals surface area contributed by atoms with Gasteiger partial charge in [-0.15, -0.1) is 11.8 Å². The molecule has 0 radical (unpaired) electrons. The van der Waals surface area contributed by atoms with Crippen LogP contribution in [-0.2, 0) is 9.53 Å². The Balaban J connectivity index is 1.99. The minimum atomic E-state index is -0.720. The van der Waals surface area contributed by atoms with Crippen molar-refractivity contribution in [1.29, 1.82) is 0 Å². The fourth-order valence-electron chi connectivity index (χ4n) is 3.38. The van der Waals surface area contributed by atoms with Gasteiger partial charge in [0.15, 0.2) is 0 Å². The third-order valence-electron chi connectivity index (χ3n) is 5.06. The Hall–Kier alpha value is -2.38. The number of hydrogen-bond acceptors (Lipinski definition) is 6. The van der Waals surface area contributed by atoms with Crippen LogP contribution >= 0.6 is 23.4 Å². The largest absolute Gasteiger partial charge is 0.497 e. The van der Waals surface area contributed by atoms with E-state index in [2.05, 4.69) is 0 Å². The Kier molecular flexibility index (Phi) is 8.09. The van der Waals surface area contributed by atoms with Gasteiger partial charge in [-0.05, 0) is 24.6 Å². The van der Waals surface area contributed by atoms with Gasteiger partial charge < -0.3 is 19.1 Å². The van der Waals surface area contributed by atoms with E-state index in [-0.39, 0.29) is 5.91 Å². The number of benzene rings is 2. The van der Waals surface area contributed by atoms with Gasteiger partial charge in [0, 0.05) is 22.4 Å². The second-order valence-electron chi connectivity index (χ2n) is 7.02. The number of methoxy groups -OCH3 is 2. The molecule has 1 aliphatic heterocycles. The average Bonchev–Trinajstić information content (AvgIpc) is 3.23. The van der Waals surface area contributed by atoms with E-state index in [0.29, 0.717) is 34.4 Å². The van der Waals surface area contributed by atoms with Crippen LogP contribution in [0.15, 0.2) is 42.5 Å². The predicted octanol–water partition coefficient (Wildman–Crippen LogP) is 4.96. The fraction of sp³-hybridized carbons (Fsp3) is 0.391. The number of amides is 1. The lowest BCUT2D eigenvalue weighted by atomic mass is 10.1. The van der Waals surface area contributed by atoms with E-state index >= 15 is 0 Å². The van der Waals surface area contributed by atoms with Gasteiger partial charge in [0.2, 0.25) is 0 Å². The summed E-state index contributed by atoms with van der Waals surface area (Å²) in [4.78, 5) is 28.1. The molecule has 0 aliphatic carbocycles. The van der Waals surface area contributed by atoms with Gasteiger partial charge >= 0.3 is 5.97 Å². The number of halogens is 1. The summed E-state index contributed by atoms with van der Waals surface area (Å²) in [5.74, 6) is 0.633. The minimum Gasteiger partial charge on any atom is -0.497 e. The molecule has 1 fully saturated rings. The Morgan fingerprint density at radius 2 is 1.94 bits per heavy atom. The number of carbonyl (C=O) groups excluding carboxylic acids is 2. The lowest BCUT2D eigenvalue weighted by Gasteiger charge is -2.29. The van der Waals surface area contributed by atoms with Crippen LogP contribution in [0.1, 0.15) is 41.1 Å². The summed E-state index contributed by atoms with van der Waals surface area (Å²) in [6.45, 7) is 2.36. The lowest BCUT2D eigenvalue weighted by Crippen LogP contribution is -2.44. The molecular formula is C23H26ClNO5S. The average molecular weight is 464 g/mol. The van der Waals surface area contributed by atoms with Gasteiger partial charge in [-0.25, -0.2) is 4.79 Å². The van der Waals surface area contributed by atoms with Crippen LogP contribution in [0.4, 0.5) is 0 Å². The molecule has 2 aromatic rings. The second-order valence-corrected chi connectivity index (χ2v) is 8.54. The quantitative estimate of drug-likeness (QED) is 0.407. The number of unbranched alkanes of at least 4 members (excludes halogenated alkanes) is 1. The van der Waals surface area contributed by atoms with Gasteiger partial charge in [-0.1, -0.05) is 43.1 Å². The Morgan fingerprint density at radius 1 is 1.16 bits per heavy atom.